The summed E-state index contributed by atoms with van der Waals surface area (Å²) in [4.78, 5) is 15.9. The number of aromatic amines is 1. The topological polar surface area (TPSA) is 65.9 Å². The number of aromatic nitrogens is 1. The highest BCUT2D eigenvalue weighted by atomic mass is 79.9. The lowest BCUT2D eigenvalue weighted by Gasteiger charge is -2.15. The number of carbonyl (C=O) groups is 1. The van der Waals surface area contributed by atoms with Crippen molar-refractivity contribution in [3.8, 4) is 17.2 Å². The van der Waals surface area contributed by atoms with E-state index in [1.54, 1.807) is 0 Å². The van der Waals surface area contributed by atoms with Gasteiger partial charge in [-0.1, -0.05) is 58.4 Å². The molecule has 0 aliphatic rings. The molecule has 4 aromatic rings. The summed E-state index contributed by atoms with van der Waals surface area (Å²) in [6, 6.07) is 21.8. The van der Waals surface area contributed by atoms with E-state index in [0.717, 1.165) is 44.4 Å². The molecule has 5 heteroatoms. The van der Waals surface area contributed by atoms with Gasteiger partial charge in [-0.2, -0.15) is 5.26 Å². The number of benzene rings is 3. The van der Waals surface area contributed by atoms with Crippen LogP contribution in [0.2, 0.25) is 0 Å². The Morgan fingerprint density at radius 1 is 1.12 bits per heavy atom. The normalized spacial score (nSPS) is 11.8. The third-order valence-corrected chi connectivity index (χ3v) is 6.82. The molecule has 1 heterocycles. The van der Waals surface area contributed by atoms with Crippen molar-refractivity contribution in [3.05, 3.63) is 94.2 Å². The number of nitrogens with zero attached hydrogens (tertiary/aromatic N) is 1. The maximum atomic E-state index is 12.5. The molecular formula is C27H23BrN2O2. The average molecular weight is 487 g/mol. The fourth-order valence-corrected chi connectivity index (χ4v) is 4.63. The Bertz CT molecular complexity index is 1350. The number of nitrogens with one attached hydrogen (secondary N) is 1. The highest BCUT2D eigenvalue weighted by molar-refractivity contribution is 9.09. The Hall–Kier alpha value is -3.36. The average Bonchev–Trinajstić information content (AvgIpc) is 3.11. The van der Waals surface area contributed by atoms with Crippen LogP contribution in [0.25, 0.3) is 22.0 Å². The number of carbonyl (C=O) groups excluding carboxylic acids is 1. The summed E-state index contributed by atoms with van der Waals surface area (Å²) in [5, 5.41) is 10.4. The molecule has 4 rings (SSSR count). The molecule has 1 atom stereocenters. The largest absolute Gasteiger partial charge is 0.462 e. The van der Waals surface area contributed by atoms with Crippen molar-refractivity contribution in [3.63, 3.8) is 0 Å². The lowest BCUT2D eigenvalue weighted by Crippen LogP contribution is -2.06. The van der Waals surface area contributed by atoms with Gasteiger partial charge in [0.1, 0.15) is 0 Å². The van der Waals surface area contributed by atoms with Gasteiger partial charge in [-0.3, -0.25) is 0 Å². The third kappa shape index (κ3) is 3.94. The van der Waals surface area contributed by atoms with Crippen LogP contribution < -0.4 is 0 Å². The molecule has 0 saturated carbocycles. The molecule has 0 amide bonds. The van der Waals surface area contributed by atoms with Gasteiger partial charge < -0.3 is 9.72 Å². The van der Waals surface area contributed by atoms with Gasteiger partial charge in [-0.05, 0) is 66.8 Å². The summed E-state index contributed by atoms with van der Waals surface area (Å²) in [7, 11) is 0. The maximum Gasteiger partial charge on any atom is 0.338 e. The molecule has 1 aromatic heterocycles. The zero-order valence-corrected chi connectivity index (χ0v) is 19.8. The Labute approximate surface area is 196 Å². The van der Waals surface area contributed by atoms with Crippen LogP contribution in [0.4, 0.5) is 0 Å². The lowest BCUT2D eigenvalue weighted by molar-refractivity contribution is 0.0526. The predicted molar refractivity (Wildman–Crippen MR) is 131 cm³/mol. The first-order chi connectivity index (χ1) is 15.4. The summed E-state index contributed by atoms with van der Waals surface area (Å²) in [6.07, 6.45) is 0. The van der Waals surface area contributed by atoms with E-state index in [1.165, 1.54) is 0 Å². The molecule has 0 radical (unpaired) electrons. The number of ether oxygens (including phenoxy) is 1. The Balaban J connectivity index is 1.78. The molecular weight excluding hydrogens is 464 g/mol. The van der Waals surface area contributed by atoms with Gasteiger partial charge >= 0.3 is 5.97 Å². The van der Waals surface area contributed by atoms with Crippen LogP contribution >= 0.6 is 15.9 Å². The van der Waals surface area contributed by atoms with Crippen LogP contribution in [0.3, 0.4) is 0 Å². The zero-order chi connectivity index (χ0) is 22.8. The summed E-state index contributed by atoms with van der Waals surface area (Å²) in [5.41, 5.74) is 8.33. The van der Waals surface area contributed by atoms with Crippen LogP contribution in [0.1, 0.15) is 50.1 Å². The van der Waals surface area contributed by atoms with Crippen molar-refractivity contribution in [2.24, 2.45) is 0 Å². The number of nitriles is 1. The SMILES string of the molecule is CCOC(=O)c1cc(C(Br)c2ccc(-c3ccccc3C#N)cc2)c2[nH]c(C)c(C)c2c1. The molecule has 3 aromatic carbocycles. The van der Waals surface area contributed by atoms with Gasteiger partial charge in [0.25, 0.3) is 0 Å². The number of hydrogen-bond donors (Lipinski definition) is 1. The van der Waals surface area contributed by atoms with Crippen molar-refractivity contribution in [2.45, 2.75) is 25.6 Å². The lowest BCUT2D eigenvalue weighted by atomic mass is 9.95. The van der Waals surface area contributed by atoms with Gasteiger partial charge in [-0.25, -0.2) is 4.79 Å². The van der Waals surface area contributed by atoms with Crippen LogP contribution in [0, 0.1) is 25.2 Å². The fraction of sp³-hybridized carbons (Fsp3) is 0.185. The van der Waals surface area contributed by atoms with Gasteiger partial charge in [0, 0.05) is 11.1 Å². The second-order valence-corrected chi connectivity index (χ2v) is 8.64. The van der Waals surface area contributed by atoms with E-state index in [2.05, 4.69) is 46.0 Å². The van der Waals surface area contributed by atoms with Gasteiger partial charge in [0.2, 0.25) is 0 Å². The molecule has 4 nitrogen and oxygen atoms in total. The first kappa shape index (κ1) is 21.9. The standard InChI is InChI=1S/C27H23BrN2O2/c1-4-32-27(31)21-13-23-16(2)17(3)30-26(23)24(14-21)25(28)19-11-9-18(10-12-19)22-8-6-5-7-20(22)15-29/h5-14,25,30H,4H2,1-3H3. The quantitative estimate of drug-likeness (QED) is 0.244. The molecule has 0 fully saturated rings. The first-order valence-electron chi connectivity index (χ1n) is 10.5. The summed E-state index contributed by atoms with van der Waals surface area (Å²) in [6.45, 7) is 6.23. The molecule has 0 spiro atoms. The van der Waals surface area contributed by atoms with E-state index in [9.17, 15) is 10.1 Å². The minimum Gasteiger partial charge on any atom is -0.462 e. The van der Waals surface area contributed by atoms with E-state index in [1.807, 2.05) is 62.4 Å². The molecule has 160 valence electrons. The number of aryl methyl sites for hydroxylation is 2. The van der Waals surface area contributed by atoms with Crippen LogP contribution in [0.5, 0.6) is 0 Å². The molecule has 32 heavy (non-hydrogen) atoms. The molecule has 0 aliphatic carbocycles. The Morgan fingerprint density at radius 2 is 1.84 bits per heavy atom. The van der Waals surface area contributed by atoms with E-state index in [0.29, 0.717) is 17.7 Å². The van der Waals surface area contributed by atoms with E-state index >= 15 is 0 Å². The molecule has 1 unspecified atom stereocenters. The molecule has 0 bridgehead atoms. The molecule has 1 N–H and O–H groups in total. The Morgan fingerprint density at radius 3 is 2.53 bits per heavy atom. The second-order valence-electron chi connectivity index (χ2n) is 7.73. The number of fused-ring (bicyclic) bond motifs is 1. The number of alkyl halides is 1. The van der Waals surface area contributed by atoms with Crippen molar-refractivity contribution in [1.82, 2.24) is 4.98 Å². The van der Waals surface area contributed by atoms with Crippen molar-refractivity contribution in [2.75, 3.05) is 6.61 Å². The van der Waals surface area contributed by atoms with E-state index in [-0.39, 0.29) is 10.8 Å². The minimum absolute atomic E-state index is 0.128. The van der Waals surface area contributed by atoms with Crippen molar-refractivity contribution >= 4 is 32.8 Å². The number of hydrogen-bond acceptors (Lipinski definition) is 3. The van der Waals surface area contributed by atoms with Gasteiger partial charge in [0.05, 0.1) is 34.1 Å². The van der Waals surface area contributed by atoms with Crippen molar-refractivity contribution < 1.29 is 9.53 Å². The first-order valence-corrected chi connectivity index (χ1v) is 11.4. The van der Waals surface area contributed by atoms with Gasteiger partial charge in [0.15, 0.2) is 0 Å². The predicted octanol–water partition coefficient (Wildman–Crippen LogP) is 6.98. The number of esters is 1. The van der Waals surface area contributed by atoms with Crippen LogP contribution in [-0.2, 0) is 4.74 Å². The fourth-order valence-electron chi connectivity index (χ4n) is 3.96. The summed E-state index contributed by atoms with van der Waals surface area (Å²) in [5.74, 6) is -0.322. The second kappa shape index (κ2) is 9.02. The smallest absolute Gasteiger partial charge is 0.338 e. The van der Waals surface area contributed by atoms with Gasteiger partial charge in [-0.15, -0.1) is 0 Å². The van der Waals surface area contributed by atoms with Crippen molar-refractivity contribution in [1.29, 1.82) is 5.26 Å². The Kier molecular flexibility index (Phi) is 6.16. The summed E-state index contributed by atoms with van der Waals surface area (Å²) >= 11 is 3.86. The monoisotopic (exact) mass is 486 g/mol. The highest BCUT2D eigenvalue weighted by Crippen LogP contribution is 2.38. The summed E-state index contributed by atoms with van der Waals surface area (Å²) < 4.78 is 5.26. The van der Waals surface area contributed by atoms with E-state index < -0.39 is 0 Å². The highest BCUT2D eigenvalue weighted by Gasteiger charge is 2.20. The number of rotatable bonds is 5. The van der Waals surface area contributed by atoms with Crippen LogP contribution in [-0.4, -0.2) is 17.6 Å². The molecule has 0 aliphatic heterocycles. The van der Waals surface area contributed by atoms with Crippen LogP contribution in [0.15, 0.2) is 60.7 Å². The third-order valence-electron chi connectivity index (χ3n) is 5.79. The number of H-pyrrole nitrogens is 1. The zero-order valence-electron chi connectivity index (χ0n) is 18.2. The minimum atomic E-state index is -0.322. The molecule has 0 saturated heterocycles. The maximum absolute atomic E-state index is 12.5. The number of halogens is 1. The van der Waals surface area contributed by atoms with E-state index in [4.69, 9.17) is 4.74 Å².